The lowest BCUT2D eigenvalue weighted by atomic mass is 10.1. The third-order valence-electron chi connectivity index (χ3n) is 2.33. The molecule has 0 amide bonds. The van der Waals surface area contributed by atoms with Crippen molar-refractivity contribution < 1.29 is 27.5 Å². The summed E-state index contributed by atoms with van der Waals surface area (Å²) in [6.45, 7) is 2.06. The van der Waals surface area contributed by atoms with Crippen LogP contribution in [0.5, 0.6) is 0 Å². The van der Waals surface area contributed by atoms with Gasteiger partial charge in [-0.1, -0.05) is 6.92 Å². The van der Waals surface area contributed by atoms with Gasteiger partial charge in [0.2, 0.25) is 0 Å². The van der Waals surface area contributed by atoms with Gasteiger partial charge in [0.25, 0.3) is 0 Å². The highest BCUT2D eigenvalue weighted by Crippen LogP contribution is 2.16. The van der Waals surface area contributed by atoms with Crippen molar-refractivity contribution in [1.82, 2.24) is 0 Å². The number of rotatable bonds is 6. The molecule has 0 spiro atoms. The quantitative estimate of drug-likeness (QED) is 0.455. The van der Waals surface area contributed by atoms with E-state index in [-0.39, 0.29) is 19.4 Å². The van der Waals surface area contributed by atoms with Crippen LogP contribution in [0.1, 0.15) is 36.5 Å². The van der Waals surface area contributed by atoms with E-state index in [4.69, 9.17) is 4.74 Å². The van der Waals surface area contributed by atoms with Crippen LogP contribution in [0, 0.1) is 17.5 Å². The average Bonchev–Trinajstić information content (AvgIpc) is 2.37. The highest BCUT2D eigenvalue weighted by atomic mass is 19.2. The third-order valence-corrected chi connectivity index (χ3v) is 2.33. The molecule has 0 bridgehead atoms. The molecule has 0 aliphatic rings. The molecular formula is C13H13F3O3. The Kier molecular flexibility index (Phi) is 5.54. The summed E-state index contributed by atoms with van der Waals surface area (Å²) in [7, 11) is 0. The lowest BCUT2D eigenvalue weighted by molar-refractivity contribution is -0.143. The molecule has 1 aromatic rings. The van der Waals surface area contributed by atoms with Crippen LogP contribution in [0.15, 0.2) is 12.1 Å². The van der Waals surface area contributed by atoms with E-state index in [1.807, 2.05) is 6.92 Å². The molecule has 0 saturated carbocycles. The van der Waals surface area contributed by atoms with Crippen LogP contribution in [0.4, 0.5) is 13.2 Å². The Morgan fingerprint density at radius 3 is 2.32 bits per heavy atom. The van der Waals surface area contributed by atoms with Crippen molar-refractivity contribution in [3.05, 3.63) is 35.1 Å². The molecule has 0 unspecified atom stereocenters. The number of esters is 1. The molecule has 0 fully saturated rings. The Hall–Kier alpha value is -1.85. The van der Waals surface area contributed by atoms with Crippen LogP contribution in [0.3, 0.4) is 0 Å². The van der Waals surface area contributed by atoms with Crippen LogP contribution < -0.4 is 0 Å². The molecule has 104 valence electrons. The Balaban J connectivity index is 2.64. The lowest BCUT2D eigenvalue weighted by Gasteiger charge is -2.04. The largest absolute Gasteiger partial charge is 0.466 e. The fraction of sp³-hybridized carbons (Fsp3) is 0.385. The van der Waals surface area contributed by atoms with E-state index in [0.717, 1.165) is 0 Å². The molecule has 0 saturated heterocycles. The molecule has 0 aromatic heterocycles. The molecule has 0 aliphatic carbocycles. The SMILES string of the molecule is CCCOC(=O)CCC(=O)c1cc(F)c(F)cc1F. The second kappa shape index (κ2) is 6.92. The predicted molar refractivity (Wildman–Crippen MR) is 61.1 cm³/mol. The van der Waals surface area contributed by atoms with Crippen molar-refractivity contribution >= 4 is 11.8 Å². The summed E-state index contributed by atoms with van der Waals surface area (Å²) < 4.78 is 43.6. The maximum atomic E-state index is 13.3. The number of ether oxygens (including phenoxy) is 1. The molecule has 0 N–H and O–H groups in total. The summed E-state index contributed by atoms with van der Waals surface area (Å²) in [5.41, 5.74) is -0.567. The van der Waals surface area contributed by atoms with Gasteiger partial charge in [-0.3, -0.25) is 9.59 Å². The predicted octanol–water partition coefficient (Wildman–Crippen LogP) is 3.02. The van der Waals surface area contributed by atoms with Crippen molar-refractivity contribution in [2.24, 2.45) is 0 Å². The number of carbonyl (C=O) groups excluding carboxylic acids is 2. The van der Waals surface area contributed by atoms with Gasteiger partial charge < -0.3 is 4.74 Å². The summed E-state index contributed by atoms with van der Waals surface area (Å²) >= 11 is 0. The number of carbonyl (C=O) groups is 2. The van der Waals surface area contributed by atoms with Gasteiger partial charge in [0.05, 0.1) is 18.6 Å². The minimum atomic E-state index is -1.36. The van der Waals surface area contributed by atoms with Crippen LogP contribution in [-0.2, 0) is 9.53 Å². The monoisotopic (exact) mass is 274 g/mol. The summed E-state index contributed by atoms with van der Waals surface area (Å²) in [6, 6.07) is 0.794. The first-order chi connectivity index (χ1) is 8.95. The van der Waals surface area contributed by atoms with E-state index < -0.39 is 34.8 Å². The zero-order chi connectivity index (χ0) is 14.4. The smallest absolute Gasteiger partial charge is 0.306 e. The number of ketones is 1. The van der Waals surface area contributed by atoms with E-state index in [9.17, 15) is 22.8 Å². The first-order valence-electron chi connectivity index (χ1n) is 5.79. The first kappa shape index (κ1) is 15.2. The second-order valence-corrected chi connectivity index (χ2v) is 3.89. The van der Waals surface area contributed by atoms with Crippen molar-refractivity contribution in [2.45, 2.75) is 26.2 Å². The Labute approximate surface area is 108 Å². The van der Waals surface area contributed by atoms with Gasteiger partial charge in [0, 0.05) is 12.5 Å². The number of Topliss-reactive ketones (excluding diaryl/α,β-unsaturated/α-hetero) is 1. The molecule has 1 rings (SSSR count). The van der Waals surface area contributed by atoms with E-state index in [2.05, 4.69) is 0 Å². The van der Waals surface area contributed by atoms with Gasteiger partial charge in [0.1, 0.15) is 5.82 Å². The van der Waals surface area contributed by atoms with E-state index in [0.29, 0.717) is 18.6 Å². The van der Waals surface area contributed by atoms with Crippen molar-refractivity contribution in [2.75, 3.05) is 6.61 Å². The molecule has 19 heavy (non-hydrogen) atoms. The zero-order valence-corrected chi connectivity index (χ0v) is 10.3. The second-order valence-electron chi connectivity index (χ2n) is 3.89. The third kappa shape index (κ3) is 4.39. The van der Waals surface area contributed by atoms with E-state index in [1.165, 1.54) is 0 Å². The Morgan fingerprint density at radius 1 is 1.05 bits per heavy atom. The maximum Gasteiger partial charge on any atom is 0.306 e. The molecule has 0 heterocycles. The highest BCUT2D eigenvalue weighted by molar-refractivity contribution is 5.97. The highest BCUT2D eigenvalue weighted by Gasteiger charge is 2.17. The summed E-state index contributed by atoms with van der Waals surface area (Å²) in [6.07, 6.45) is 0.110. The van der Waals surface area contributed by atoms with Gasteiger partial charge in [-0.2, -0.15) is 0 Å². The van der Waals surface area contributed by atoms with Gasteiger partial charge in [-0.05, 0) is 12.5 Å². The van der Waals surface area contributed by atoms with Crippen molar-refractivity contribution in [3.8, 4) is 0 Å². The van der Waals surface area contributed by atoms with Gasteiger partial charge in [-0.25, -0.2) is 13.2 Å². The van der Waals surface area contributed by atoms with Gasteiger partial charge in [-0.15, -0.1) is 0 Å². The minimum Gasteiger partial charge on any atom is -0.466 e. The number of hydrogen-bond acceptors (Lipinski definition) is 3. The van der Waals surface area contributed by atoms with Crippen LogP contribution in [0.25, 0.3) is 0 Å². The molecule has 0 radical (unpaired) electrons. The Bertz CT molecular complexity index is 486. The number of halogens is 3. The number of benzene rings is 1. The first-order valence-corrected chi connectivity index (χ1v) is 5.79. The van der Waals surface area contributed by atoms with Crippen molar-refractivity contribution in [3.63, 3.8) is 0 Å². The summed E-state index contributed by atoms with van der Waals surface area (Å²) in [5.74, 6) is -5.18. The van der Waals surface area contributed by atoms with Crippen LogP contribution in [0.2, 0.25) is 0 Å². The fourth-order valence-corrected chi connectivity index (χ4v) is 1.37. The fourth-order valence-electron chi connectivity index (χ4n) is 1.37. The van der Waals surface area contributed by atoms with Crippen molar-refractivity contribution in [1.29, 1.82) is 0 Å². The number of hydrogen-bond donors (Lipinski definition) is 0. The molecule has 3 nitrogen and oxygen atoms in total. The van der Waals surface area contributed by atoms with E-state index >= 15 is 0 Å². The van der Waals surface area contributed by atoms with E-state index in [1.54, 1.807) is 0 Å². The molecule has 0 atom stereocenters. The molecule has 1 aromatic carbocycles. The normalized spacial score (nSPS) is 10.3. The summed E-state index contributed by atoms with van der Waals surface area (Å²) in [4.78, 5) is 22.7. The standard InChI is InChI=1S/C13H13F3O3/c1-2-5-19-13(18)4-3-12(17)8-6-10(15)11(16)7-9(8)14/h6-7H,2-5H2,1H3. The maximum absolute atomic E-state index is 13.3. The topological polar surface area (TPSA) is 43.4 Å². The minimum absolute atomic E-state index is 0.225. The average molecular weight is 274 g/mol. The van der Waals surface area contributed by atoms with Gasteiger partial charge in [0.15, 0.2) is 17.4 Å². The Morgan fingerprint density at radius 2 is 1.68 bits per heavy atom. The van der Waals surface area contributed by atoms with Crippen LogP contribution >= 0.6 is 0 Å². The van der Waals surface area contributed by atoms with Crippen LogP contribution in [-0.4, -0.2) is 18.4 Å². The van der Waals surface area contributed by atoms with Gasteiger partial charge >= 0.3 is 5.97 Å². The molecule has 6 heteroatoms. The molecule has 0 aliphatic heterocycles. The zero-order valence-electron chi connectivity index (χ0n) is 10.3. The summed E-state index contributed by atoms with van der Waals surface area (Å²) in [5, 5.41) is 0. The lowest BCUT2D eigenvalue weighted by Crippen LogP contribution is -2.10. The molecular weight excluding hydrogens is 261 g/mol.